The van der Waals surface area contributed by atoms with Crippen LogP contribution in [-0.4, -0.2) is 18.8 Å². The van der Waals surface area contributed by atoms with Gasteiger partial charge in [0.1, 0.15) is 0 Å². The molecule has 3 heteroatoms. The second-order valence-electron chi connectivity index (χ2n) is 2.90. The minimum absolute atomic E-state index is 0.0637. The molecule has 0 saturated carbocycles. The van der Waals surface area contributed by atoms with Gasteiger partial charge in [-0.15, -0.1) is 0 Å². The van der Waals surface area contributed by atoms with Crippen LogP contribution in [0.3, 0.4) is 0 Å². The summed E-state index contributed by atoms with van der Waals surface area (Å²) in [5, 5.41) is 8.71. The van der Waals surface area contributed by atoms with Crippen LogP contribution in [0.15, 0.2) is 12.1 Å². The third-order valence-corrected chi connectivity index (χ3v) is 1.90. The van der Waals surface area contributed by atoms with E-state index >= 15 is 0 Å². The van der Waals surface area contributed by atoms with E-state index in [1.54, 1.807) is 19.1 Å². The van der Waals surface area contributed by atoms with Crippen molar-refractivity contribution in [3.63, 3.8) is 0 Å². The molecule has 72 valence electrons. The Hall–Kier alpha value is -1.09. The van der Waals surface area contributed by atoms with Gasteiger partial charge in [-0.25, -0.2) is 4.39 Å². The zero-order valence-electron chi connectivity index (χ0n) is 7.80. The van der Waals surface area contributed by atoms with Crippen molar-refractivity contribution in [3.05, 3.63) is 29.1 Å². The molecule has 0 unspecified atom stereocenters. The number of ether oxygens (including phenoxy) is 1. The third kappa shape index (κ3) is 2.18. The van der Waals surface area contributed by atoms with Gasteiger partial charge >= 0.3 is 0 Å². The van der Waals surface area contributed by atoms with Gasteiger partial charge in [-0.2, -0.15) is 0 Å². The van der Waals surface area contributed by atoms with Crippen LogP contribution < -0.4 is 4.74 Å². The van der Waals surface area contributed by atoms with E-state index < -0.39 is 0 Å². The maximum absolute atomic E-state index is 13.2. The van der Waals surface area contributed by atoms with Gasteiger partial charge in [0.25, 0.3) is 0 Å². The van der Waals surface area contributed by atoms with E-state index in [-0.39, 0.29) is 18.2 Å². The molecule has 0 atom stereocenters. The Morgan fingerprint density at radius 3 is 2.69 bits per heavy atom. The van der Waals surface area contributed by atoms with Crippen molar-refractivity contribution in [2.45, 2.75) is 13.3 Å². The molecule has 0 aromatic heterocycles. The molecule has 0 fully saturated rings. The van der Waals surface area contributed by atoms with Crippen LogP contribution in [0.2, 0.25) is 0 Å². The normalized spacial score (nSPS) is 10.2. The van der Waals surface area contributed by atoms with Crippen LogP contribution in [0.4, 0.5) is 4.39 Å². The van der Waals surface area contributed by atoms with Gasteiger partial charge < -0.3 is 9.84 Å². The lowest BCUT2D eigenvalue weighted by atomic mass is 10.1. The summed E-state index contributed by atoms with van der Waals surface area (Å²) in [7, 11) is 1.43. The lowest BCUT2D eigenvalue weighted by molar-refractivity contribution is 0.299. The number of benzene rings is 1. The summed E-state index contributed by atoms with van der Waals surface area (Å²) in [6, 6.07) is 3.33. The van der Waals surface area contributed by atoms with Gasteiger partial charge in [-0.1, -0.05) is 6.07 Å². The number of aliphatic hydroxyl groups excluding tert-OH is 1. The van der Waals surface area contributed by atoms with E-state index in [0.717, 1.165) is 5.56 Å². The SMILES string of the molecule is COc1cc(CCO)cc(C)c1F. The summed E-state index contributed by atoms with van der Waals surface area (Å²) in [5.41, 5.74) is 1.43. The van der Waals surface area contributed by atoms with E-state index in [9.17, 15) is 4.39 Å². The fraction of sp³-hybridized carbons (Fsp3) is 0.400. The van der Waals surface area contributed by atoms with E-state index in [1.807, 2.05) is 0 Å². The Morgan fingerprint density at radius 2 is 2.15 bits per heavy atom. The van der Waals surface area contributed by atoms with Crippen molar-refractivity contribution in [1.82, 2.24) is 0 Å². The van der Waals surface area contributed by atoms with Crippen molar-refractivity contribution in [1.29, 1.82) is 0 Å². The topological polar surface area (TPSA) is 29.5 Å². The first-order chi connectivity index (χ1) is 6.19. The molecular weight excluding hydrogens is 171 g/mol. The molecule has 0 bridgehead atoms. The molecule has 13 heavy (non-hydrogen) atoms. The Bertz CT molecular complexity index is 297. The van der Waals surface area contributed by atoms with Crippen molar-refractivity contribution >= 4 is 0 Å². The van der Waals surface area contributed by atoms with Crippen LogP contribution in [0.1, 0.15) is 11.1 Å². The summed E-state index contributed by atoms with van der Waals surface area (Å²) in [6.45, 7) is 1.74. The predicted octanol–water partition coefficient (Wildman–Crippen LogP) is 1.68. The molecule has 1 aromatic rings. The lowest BCUT2D eigenvalue weighted by Gasteiger charge is -2.07. The molecule has 2 nitrogen and oxygen atoms in total. The number of rotatable bonds is 3. The van der Waals surface area contributed by atoms with E-state index in [1.165, 1.54) is 7.11 Å². The van der Waals surface area contributed by atoms with Crippen LogP contribution >= 0.6 is 0 Å². The van der Waals surface area contributed by atoms with Crippen LogP contribution in [0.25, 0.3) is 0 Å². The molecule has 0 aliphatic rings. The number of aliphatic hydroxyl groups is 1. The van der Waals surface area contributed by atoms with Crippen molar-refractivity contribution in [2.24, 2.45) is 0 Å². The first-order valence-electron chi connectivity index (χ1n) is 4.13. The quantitative estimate of drug-likeness (QED) is 0.774. The first-order valence-corrected chi connectivity index (χ1v) is 4.13. The molecule has 1 N–H and O–H groups in total. The molecule has 1 aromatic carbocycles. The molecule has 0 radical (unpaired) electrons. The Labute approximate surface area is 77.0 Å². The fourth-order valence-electron chi connectivity index (χ4n) is 1.23. The second-order valence-corrected chi connectivity index (χ2v) is 2.90. The molecule has 0 amide bonds. The molecule has 0 saturated heterocycles. The summed E-state index contributed by atoms with van der Waals surface area (Å²) < 4.78 is 18.1. The van der Waals surface area contributed by atoms with Gasteiger partial charge in [0.2, 0.25) is 0 Å². The first kappa shape index (κ1) is 9.99. The summed E-state index contributed by atoms with van der Waals surface area (Å²) in [6.07, 6.45) is 0.525. The zero-order valence-corrected chi connectivity index (χ0v) is 7.80. The lowest BCUT2D eigenvalue weighted by Crippen LogP contribution is -1.96. The maximum Gasteiger partial charge on any atom is 0.167 e. The van der Waals surface area contributed by atoms with E-state index in [0.29, 0.717) is 12.0 Å². The number of aryl methyl sites for hydroxylation is 1. The minimum atomic E-state index is -0.329. The van der Waals surface area contributed by atoms with Crippen molar-refractivity contribution in [2.75, 3.05) is 13.7 Å². The van der Waals surface area contributed by atoms with Crippen LogP contribution in [0.5, 0.6) is 5.75 Å². The summed E-state index contributed by atoms with van der Waals surface area (Å²) >= 11 is 0. The Balaban J connectivity index is 3.06. The monoisotopic (exact) mass is 184 g/mol. The highest BCUT2D eigenvalue weighted by Crippen LogP contribution is 2.22. The average Bonchev–Trinajstić information content (AvgIpc) is 2.11. The van der Waals surface area contributed by atoms with Gasteiger partial charge in [0, 0.05) is 6.61 Å². The molecule has 0 aliphatic heterocycles. The zero-order chi connectivity index (χ0) is 9.84. The largest absolute Gasteiger partial charge is 0.494 e. The predicted molar refractivity (Wildman–Crippen MR) is 48.5 cm³/mol. The Kier molecular flexibility index (Phi) is 3.25. The summed E-state index contributed by atoms with van der Waals surface area (Å²) in [5.74, 6) is -0.0901. The van der Waals surface area contributed by atoms with Gasteiger partial charge in [-0.3, -0.25) is 0 Å². The number of hydrogen-bond acceptors (Lipinski definition) is 2. The maximum atomic E-state index is 13.2. The molecule has 0 spiro atoms. The highest BCUT2D eigenvalue weighted by Gasteiger charge is 2.07. The second kappa shape index (κ2) is 4.23. The average molecular weight is 184 g/mol. The van der Waals surface area contributed by atoms with Gasteiger partial charge in [0.05, 0.1) is 7.11 Å². The summed E-state index contributed by atoms with van der Waals surface area (Å²) in [4.78, 5) is 0. The highest BCUT2D eigenvalue weighted by atomic mass is 19.1. The molecule has 0 aliphatic carbocycles. The van der Waals surface area contributed by atoms with Gasteiger partial charge in [0.15, 0.2) is 11.6 Å². The number of halogens is 1. The smallest absolute Gasteiger partial charge is 0.167 e. The number of methoxy groups -OCH3 is 1. The number of hydrogen-bond donors (Lipinski definition) is 1. The van der Waals surface area contributed by atoms with E-state index in [4.69, 9.17) is 9.84 Å². The third-order valence-electron chi connectivity index (χ3n) is 1.90. The highest BCUT2D eigenvalue weighted by molar-refractivity contribution is 5.35. The van der Waals surface area contributed by atoms with Crippen molar-refractivity contribution in [3.8, 4) is 5.75 Å². The fourth-order valence-corrected chi connectivity index (χ4v) is 1.23. The van der Waals surface area contributed by atoms with Crippen LogP contribution in [-0.2, 0) is 6.42 Å². The minimum Gasteiger partial charge on any atom is -0.494 e. The van der Waals surface area contributed by atoms with Gasteiger partial charge in [-0.05, 0) is 30.5 Å². The van der Waals surface area contributed by atoms with E-state index in [2.05, 4.69) is 0 Å². The molecular formula is C10H13FO2. The van der Waals surface area contributed by atoms with Crippen molar-refractivity contribution < 1.29 is 14.2 Å². The molecule has 0 heterocycles. The standard InChI is InChI=1S/C10H13FO2/c1-7-5-8(3-4-12)6-9(13-2)10(7)11/h5-6,12H,3-4H2,1-2H3. The Morgan fingerprint density at radius 1 is 1.46 bits per heavy atom. The molecule has 1 rings (SSSR count). The van der Waals surface area contributed by atoms with Crippen LogP contribution in [0, 0.1) is 12.7 Å².